The first-order valence-corrected chi connectivity index (χ1v) is 5.10. The van der Waals surface area contributed by atoms with Crippen LogP contribution in [0.25, 0.3) is 0 Å². The summed E-state index contributed by atoms with van der Waals surface area (Å²) in [5, 5.41) is 24.3. The average molecular weight is 223 g/mol. The Morgan fingerprint density at radius 1 is 1.57 bits per heavy atom. The molecule has 1 rings (SSSR count). The van der Waals surface area contributed by atoms with Gasteiger partial charge in [-0.1, -0.05) is 5.21 Å². The fraction of sp³-hybridized carbons (Fsp3) is 0.600. The fourth-order valence-electron chi connectivity index (χ4n) is 0.791. The molecule has 1 heterocycles. The highest BCUT2D eigenvalue weighted by molar-refractivity contribution is 7.85. The maximum atomic E-state index is 10.5. The summed E-state index contributed by atoms with van der Waals surface area (Å²) in [6.45, 7) is -0.0596. The first-order chi connectivity index (χ1) is 6.45. The third-order valence-electron chi connectivity index (χ3n) is 1.42. The minimum Gasteiger partial charge on any atom is -0.394 e. The van der Waals surface area contributed by atoms with Crippen LogP contribution in [0.2, 0.25) is 0 Å². The van der Waals surface area contributed by atoms with Crippen LogP contribution in [-0.2, 0) is 16.7 Å². The van der Waals surface area contributed by atoms with Crippen molar-refractivity contribution in [2.45, 2.75) is 12.0 Å². The second kappa shape index (κ2) is 4.00. The van der Waals surface area contributed by atoms with Crippen molar-refractivity contribution in [3.05, 3.63) is 11.9 Å². The molecule has 0 radical (unpaired) electrons. The molecule has 0 saturated carbocycles. The van der Waals surface area contributed by atoms with Crippen molar-refractivity contribution in [3.8, 4) is 0 Å². The zero-order valence-electron chi connectivity index (χ0n) is 6.98. The quantitative estimate of drug-likeness (QED) is 0.511. The number of aliphatic hydroxyl groups excluding tert-OH is 2. The standard InChI is InChI=1S/C5H9N3O5S/c9-2-1-8-3-4(6-7-8)5(10)14(11,12)13/h3,5,9-10H,1-2H2,(H,11,12,13). The van der Waals surface area contributed by atoms with Crippen LogP contribution in [0.15, 0.2) is 6.20 Å². The van der Waals surface area contributed by atoms with Crippen LogP contribution in [0.5, 0.6) is 0 Å². The predicted molar refractivity (Wildman–Crippen MR) is 43.6 cm³/mol. The predicted octanol–water partition coefficient (Wildman–Crippen LogP) is -1.85. The second-order valence-corrected chi connectivity index (χ2v) is 3.97. The summed E-state index contributed by atoms with van der Waals surface area (Å²) in [6, 6.07) is 0. The van der Waals surface area contributed by atoms with Crippen molar-refractivity contribution < 1.29 is 23.2 Å². The lowest BCUT2D eigenvalue weighted by Gasteiger charge is -2.00. The van der Waals surface area contributed by atoms with Gasteiger partial charge < -0.3 is 10.2 Å². The second-order valence-electron chi connectivity index (χ2n) is 2.50. The number of hydrogen-bond donors (Lipinski definition) is 3. The Morgan fingerprint density at radius 3 is 2.71 bits per heavy atom. The van der Waals surface area contributed by atoms with Gasteiger partial charge in [0.25, 0.3) is 10.1 Å². The molecule has 0 aromatic carbocycles. The van der Waals surface area contributed by atoms with Crippen LogP contribution in [0.1, 0.15) is 11.1 Å². The van der Waals surface area contributed by atoms with Gasteiger partial charge in [-0.25, -0.2) is 4.68 Å². The van der Waals surface area contributed by atoms with E-state index in [2.05, 4.69) is 10.3 Å². The molecule has 1 atom stereocenters. The van der Waals surface area contributed by atoms with Gasteiger partial charge in [0.15, 0.2) is 0 Å². The lowest BCUT2D eigenvalue weighted by Crippen LogP contribution is -2.11. The molecule has 1 unspecified atom stereocenters. The van der Waals surface area contributed by atoms with Gasteiger partial charge in [-0.15, -0.1) is 5.10 Å². The SMILES string of the molecule is O=S(=O)(O)C(O)c1cn(CCO)nn1. The highest BCUT2D eigenvalue weighted by Crippen LogP contribution is 2.14. The summed E-state index contributed by atoms with van der Waals surface area (Å²) >= 11 is 0. The first-order valence-electron chi connectivity index (χ1n) is 3.60. The molecule has 0 bridgehead atoms. The van der Waals surface area contributed by atoms with E-state index >= 15 is 0 Å². The molecule has 0 aliphatic rings. The van der Waals surface area contributed by atoms with Gasteiger partial charge in [0, 0.05) is 0 Å². The molecule has 0 aliphatic carbocycles. The topological polar surface area (TPSA) is 126 Å². The Hall–Kier alpha value is -1.03. The Labute approximate surface area is 79.5 Å². The van der Waals surface area contributed by atoms with Gasteiger partial charge in [-0.3, -0.25) is 4.55 Å². The molecule has 0 amide bonds. The molecule has 3 N–H and O–H groups in total. The van der Waals surface area contributed by atoms with Crippen LogP contribution in [0, 0.1) is 0 Å². The van der Waals surface area contributed by atoms with E-state index in [4.69, 9.17) is 14.8 Å². The Kier molecular flexibility index (Phi) is 3.16. The van der Waals surface area contributed by atoms with E-state index in [9.17, 15) is 8.42 Å². The summed E-state index contributed by atoms with van der Waals surface area (Å²) in [7, 11) is -4.58. The smallest absolute Gasteiger partial charge is 0.298 e. The number of hydrogen-bond acceptors (Lipinski definition) is 6. The monoisotopic (exact) mass is 223 g/mol. The molecule has 1 aromatic rings. The minimum absolute atomic E-state index is 0.130. The van der Waals surface area contributed by atoms with Crippen molar-refractivity contribution in [1.82, 2.24) is 15.0 Å². The number of rotatable bonds is 4. The normalized spacial score (nSPS) is 14.2. The molecule has 8 nitrogen and oxygen atoms in total. The largest absolute Gasteiger partial charge is 0.394 e. The zero-order chi connectivity index (χ0) is 10.8. The molecule has 0 fully saturated rings. The number of aliphatic hydroxyl groups is 2. The Bertz CT molecular complexity index is 399. The lowest BCUT2D eigenvalue weighted by atomic mass is 10.5. The molecular weight excluding hydrogens is 214 g/mol. The van der Waals surface area contributed by atoms with Gasteiger partial charge in [0.1, 0.15) is 5.69 Å². The minimum atomic E-state index is -4.58. The fourth-order valence-corrected chi connectivity index (χ4v) is 1.20. The van der Waals surface area contributed by atoms with E-state index in [1.165, 1.54) is 0 Å². The summed E-state index contributed by atoms with van der Waals surface area (Å²) < 4.78 is 30.6. The van der Waals surface area contributed by atoms with Gasteiger partial charge in [-0.05, 0) is 0 Å². The molecule has 0 saturated heterocycles. The number of aromatic nitrogens is 3. The van der Waals surface area contributed by atoms with Crippen LogP contribution in [-0.4, -0.2) is 44.8 Å². The van der Waals surface area contributed by atoms with E-state index in [0.717, 1.165) is 10.9 Å². The van der Waals surface area contributed by atoms with E-state index in [1.54, 1.807) is 0 Å². The van der Waals surface area contributed by atoms with Crippen LogP contribution < -0.4 is 0 Å². The van der Waals surface area contributed by atoms with Gasteiger partial charge in [0.2, 0.25) is 5.44 Å². The van der Waals surface area contributed by atoms with E-state index in [0.29, 0.717) is 0 Å². The highest BCUT2D eigenvalue weighted by Gasteiger charge is 2.24. The molecule has 0 aliphatic heterocycles. The van der Waals surface area contributed by atoms with Gasteiger partial charge >= 0.3 is 0 Å². The third-order valence-corrected chi connectivity index (χ3v) is 2.23. The van der Waals surface area contributed by atoms with Crippen LogP contribution in [0.4, 0.5) is 0 Å². The lowest BCUT2D eigenvalue weighted by molar-refractivity contribution is 0.233. The maximum absolute atomic E-state index is 10.5. The highest BCUT2D eigenvalue weighted by atomic mass is 32.2. The van der Waals surface area contributed by atoms with Crippen molar-refractivity contribution in [1.29, 1.82) is 0 Å². The number of nitrogens with zero attached hydrogens (tertiary/aromatic N) is 3. The zero-order valence-corrected chi connectivity index (χ0v) is 7.79. The van der Waals surface area contributed by atoms with Crippen molar-refractivity contribution in [2.75, 3.05) is 6.61 Å². The maximum Gasteiger partial charge on any atom is 0.298 e. The molecule has 9 heteroatoms. The molecule has 1 aromatic heterocycles. The molecule has 0 spiro atoms. The van der Waals surface area contributed by atoms with E-state index in [-0.39, 0.29) is 18.8 Å². The van der Waals surface area contributed by atoms with E-state index in [1.807, 2.05) is 0 Å². The average Bonchev–Trinajstić information content (AvgIpc) is 2.50. The van der Waals surface area contributed by atoms with Crippen LogP contribution >= 0.6 is 0 Å². The van der Waals surface area contributed by atoms with Crippen molar-refractivity contribution in [2.24, 2.45) is 0 Å². The molecule has 80 valence electrons. The Balaban J connectivity index is 2.87. The van der Waals surface area contributed by atoms with Crippen molar-refractivity contribution in [3.63, 3.8) is 0 Å². The summed E-state index contributed by atoms with van der Waals surface area (Å²) in [5.74, 6) is 0. The van der Waals surface area contributed by atoms with Crippen LogP contribution in [0.3, 0.4) is 0 Å². The summed E-state index contributed by atoms with van der Waals surface area (Å²) in [5.41, 5.74) is -2.39. The first kappa shape index (κ1) is 11.0. The summed E-state index contributed by atoms with van der Waals surface area (Å²) in [6.07, 6.45) is 1.12. The molecule has 14 heavy (non-hydrogen) atoms. The van der Waals surface area contributed by atoms with Gasteiger partial charge in [0.05, 0.1) is 19.3 Å². The third kappa shape index (κ3) is 2.48. The van der Waals surface area contributed by atoms with E-state index < -0.39 is 15.6 Å². The summed E-state index contributed by atoms with van der Waals surface area (Å²) in [4.78, 5) is 0. The van der Waals surface area contributed by atoms with Crippen molar-refractivity contribution >= 4 is 10.1 Å². The Morgan fingerprint density at radius 2 is 2.21 bits per heavy atom. The van der Waals surface area contributed by atoms with Gasteiger partial charge in [-0.2, -0.15) is 8.42 Å². The molecular formula is C5H9N3O5S.